The highest BCUT2D eigenvalue weighted by atomic mass is 35.5. The van der Waals surface area contributed by atoms with Crippen molar-refractivity contribution in [2.24, 2.45) is 4.99 Å². The molecule has 1 aliphatic heterocycles. The molecule has 128 valence electrons. The fourth-order valence-electron chi connectivity index (χ4n) is 2.56. The third-order valence-corrected chi connectivity index (χ3v) is 4.24. The van der Waals surface area contributed by atoms with Crippen LogP contribution in [0.2, 0.25) is 10.0 Å². The standard InChI is InChI=1S/C19H16Cl2N2O2/c1-25-17-7-6-15(21)10-13(17)11-16-19(24)23-18(22-16)8-5-12-3-2-4-14(20)9-12/h2-4,6-7,9-11H,5,8H2,1H3,(H,22,23,24)/b16-11+. The molecule has 1 aliphatic rings. The van der Waals surface area contributed by atoms with E-state index >= 15 is 0 Å². The van der Waals surface area contributed by atoms with E-state index in [-0.39, 0.29) is 5.91 Å². The number of aryl methyl sites for hydroxylation is 1. The lowest BCUT2D eigenvalue weighted by molar-refractivity contribution is -0.115. The van der Waals surface area contributed by atoms with Crippen molar-refractivity contribution in [1.82, 2.24) is 5.32 Å². The second kappa shape index (κ2) is 7.72. The molecule has 0 saturated carbocycles. The van der Waals surface area contributed by atoms with Crippen molar-refractivity contribution in [1.29, 1.82) is 0 Å². The number of nitrogens with zero attached hydrogens (tertiary/aromatic N) is 1. The molecule has 0 fully saturated rings. The quantitative estimate of drug-likeness (QED) is 0.783. The third-order valence-electron chi connectivity index (χ3n) is 3.77. The molecule has 2 aromatic carbocycles. The maximum atomic E-state index is 12.2. The lowest BCUT2D eigenvalue weighted by atomic mass is 10.1. The van der Waals surface area contributed by atoms with Gasteiger partial charge in [0.1, 0.15) is 17.3 Å². The molecule has 3 rings (SSSR count). The zero-order chi connectivity index (χ0) is 17.8. The minimum absolute atomic E-state index is 0.233. The molecule has 0 saturated heterocycles. The number of amides is 1. The summed E-state index contributed by atoms with van der Waals surface area (Å²) < 4.78 is 5.29. The van der Waals surface area contributed by atoms with Crippen LogP contribution in [0.3, 0.4) is 0 Å². The molecule has 6 heteroatoms. The number of amidine groups is 1. The smallest absolute Gasteiger partial charge is 0.275 e. The molecule has 0 atom stereocenters. The van der Waals surface area contributed by atoms with Gasteiger partial charge in [0, 0.05) is 22.0 Å². The first-order valence-corrected chi connectivity index (χ1v) is 8.49. The first-order chi connectivity index (χ1) is 12.0. The Labute approximate surface area is 156 Å². The molecule has 1 N–H and O–H groups in total. The van der Waals surface area contributed by atoms with Gasteiger partial charge in [0.15, 0.2) is 0 Å². The highest BCUT2D eigenvalue weighted by Gasteiger charge is 2.20. The maximum Gasteiger partial charge on any atom is 0.275 e. The summed E-state index contributed by atoms with van der Waals surface area (Å²) >= 11 is 12.0. The van der Waals surface area contributed by atoms with Gasteiger partial charge in [-0.1, -0.05) is 35.3 Å². The summed E-state index contributed by atoms with van der Waals surface area (Å²) in [6, 6.07) is 12.9. The van der Waals surface area contributed by atoms with Crippen molar-refractivity contribution in [2.75, 3.05) is 7.11 Å². The molecular weight excluding hydrogens is 359 g/mol. The highest BCUT2D eigenvalue weighted by molar-refractivity contribution is 6.31. The Morgan fingerprint density at radius 1 is 1.12 bits per heavy atom. The summed E-state index contributed by atoms with van der Waals surface area (Å²) in [5.74, 6) is 1.03. The highest BCUT2D eigenvalue weighted by Crippen LogP contribution is 2.26. The van der Waals surface area contributed by atoms with Crippen LogP contribution >= 0.6 is 23.2 Å². The summed E-state index contributed by atoms with van der Waals surface area (Å²) in [5.41, 5.74) is 2.14. The van der Waals surface area contributed by atoms with Crippen LogP contribution in [0.25, 0.3) is 6.08 Å². The molecule has 1 heterocycles. The SMILES string of the molecule is COc1ccc(Cl)cc1/C=C1/N=C(CCc2cccc(Cl)c2)NC1=O. The number of rotatable bonds is 5. The number of ether oxygens (including phenoxy) is 1. The minimum atomic E-state index is -0.233. The van der Waals surface area contributed by atoms with Gasteiger partial charge in [0.25, 0.3) is 5.91 Å². The summed E-state index contributed by atoms with van der Waals surface area (Å²) in [5, 5.41) is 4.06. The number of nitrogens with one attached hydrogen (secondary N) is 1. The molecule has 0 spiro atoms. The van der Waals surface area contributed by atoms with Gasteiger partial charge in [-0.3, -0.25) is 4.79 Å². The Morgan fingerprint density at radius 2 is 1.92 bits per heavy atom. The van der Waals surface area contributed by atoms with Crippen molar-refractivity contribution in [3.63, 3.8) is 0 Å². The molecule has 25 heavy (non-hydrogen) atoms. The molecule has 1 amide bonds. The number of carbonyl (C=O) groups excluding carboxylic acids is 1. The van der Waals surface area contributed by atoms with Gasteiger partial charge < -0.3 is 10.1 Å². The minimum Gasteiger partial charge on any atom is -0.496 e. The van der Waals surface area contributed by atoms with Gasteiger partial charge in [-0.25, -0.2) is 4.99 Å². The fourth-order valence-corrected chi connectivity index (χ4v) is 2.95. The molecule has 4 nitrogen and oxygen atoms in total. The van der Waals surface area contributed by atoms with Crippen LogP contribution in [0.15, 0.2) is 53.2 Å². The number of carbonyl (C=O) groups is 1. The summed E-state index contributed by atoms with van der Waals surface area (Å²) in [4.78, 5) is 16.5. The predicted octanol–water partition coefficient (Wildman–Crippen LogP) is 4.50. The van der Waals surface area contributed by atoms with E-state index in [9.17, 15) is 4.79 Å². The van der Waals surface area contributed by atoms with E-state index in [1.807, 2.05) is 24.3 Å². The van der Waals surface area contributed by atoms with E-state index in [1.54, 1.807) is 31.4 Å². The number of hydrogen-bond donors (Lipinski definition) is 1. The number of benzene rings is 2. The van der Waals surface area contributed by atoms with Crippen LogP contribution in [0.5, 0.6) is 5.75 Å². The first-order valence-electron chi connectivity index (χ1n) is 7.74. The predicted molar refractivity (Wildman–Crippen MR) is 101 cm³/mol. The Kier molecular flexibility index (Phi) is 5.41. The van der Waals surface area contributed by atoms with E-state index in [4.69, 9.17) is 27.9 Å². The number of aliphatic imine (C=N–C) groups is 1. The van der Waals surface area contributed by atoms with Crippen molar-refractivity contribution in [3.05, 3.63) is 69.3 Å². The van der Waals surface area contributed by atoms with Crippen molar-refractivity contribution >= 4 is 41.0 Å². The Balaban J connectivity index is 1.77. The molecule has 0 aromatic heterocycles. The average molecular weight is 375 g/mol. The summed E-state index contributed by atoms with van der Waals surface area (Å²) in [6.07, 6.45) is 3.04. The van der Waals surface area contributed by atoms with Gasteiger partial charge in [0.05, 0.1) is 7.11 Å². The van der Waals surface area contributed by atoms with E-state index in [0.717, 1.165) is 12.0 Å². The normalized spacial score (nSPS) is 15.2. The topological polar surface area (TPSA) is 50.7 Å². The van der Waals surface area contributed by atoms with E-state index in [0.29, 0.717) is 39.3 Å². The van der Waals surface area contributed by atoms with E-state index in [1.165, 1.54) is 0 Å². The second-order valence-electron chi connectivity index (χ2n) is 5.56. The Morgan fingerprint density at radius 3 is 2.68 bits per heavy atom. The first kappa shape index (κ1) is 17.5. The Hall–Kier alpha value is -2.30. The largest absolute Gasteiger partial charge is 0.496 e. The van der Waals surface area contributed by atoms with Gasteiger partial charge >= 0.3 is 0 Å². The molecule has 0 aliphatic carbocycles. The van der Waals surface area contributed by atoms with Gasteiger partial charge in [-0.15, -0.1) is 0 Å². The number of hydrogen-bond acceptors (Lipinski definition) is 3. The summed E-state index contributed by atoms with van der Waals surface area (Å²) in [6.45, 7) is 0. The lowest BCUT2D eigenvalue weighted by Gasteiger charge is -2.05. The summed E-state index contributed by atoms with van der Waals surface area (Å²) in [7, 11) is 1.57. The van der Waals surface area contributed by atoms with Gasteiger partial charge in [-0.2, -0.15) is 0 Å². The lowest BCUT2D eigenvalue weighted by Crippen LogP contribution is -2.24. The van der Waals surface area contributed by atoms with Crippen molar-refractivity contribution in [3.8, 4) is 5.75 Å². The average Bonchev–Trinajstić information content (AvgIpc) is 2.93. The second-order valence-corrected chi connectivity index (χ2v) is 6.43. The molecule has 0 unspecified atom stereocenters. The van der Waals surface area contributed by atoms with Crippen molar-refractivity contribution in [2.45, 2.75) is 12.8 Å². The van der Waals surface area contributed by atoms with Crippen LogP contribution in [-0.2, 0) is 11.2 Å². The van der Waals surface area contributed by atoms with Crippen LogP contribution in [0.4, 0.5) is 0 Å². The Bertz CT molecular complexity index is 875. The zero-order valence-corrected chi connectivity index (χ0v) is 15.1. The van der Waals surface area contributed by atoms with Gasteiger partial charge in [-0.05, 0) is 48.4 Å². The van der Waals surface area contributed by atoms with Crippen LogP contribution in [0, 0.1) is 0 Å². The third kappa shape index (κ3) is 4.41. The van der Waals surface area contributed by atoms with Crippen LogP contribution in [-0.4, -0.2) is 18.9 Å². The van der Waals surface area contributed by atoms with E-state index in [2.05, 4.69) is 10.3 Å². The van der Waals surface area contributed by atoms with E-state index < -0.39 is 0 Å². The van der Waals surface area contributed by atoms with Crippen LogP contribution < -0.4 is 10.1 Å². The van der Waals surface area contributed by atoms with Crippen molar-refractivity contribution < 1.29 is 9.53 Å². The molecular formula is C19H16Cl2N2O2. The molecule has 0 bridgehead atoms. The number of halogens is 2. The number of methoxy groups -OCH3 is 1. The fraction of sp³-hybridized carbons (Fsp3) is 0.158. The zero-order valence-electron chi connectivity index (χ0n) is 13.6. The maximum absolute atomic E-state index is 12.2. The van der Waals surface area contributed by atoms with Crippen LogP contribution in [0.1, 0.15) is 17.5 Å². The molecule has 2 aromatic rings. The monoisotopic (exact) mass is 374 g/mol. The van der Waals surface area contributed by atoms with Gasteiger partial charge in [0.2, 0.25) is 0 Å². The molecule has 0 radical (unpaired) electrons.